The Morgan fingerprint density at radius 1 is 1.12 bits per heavy atom. The summed E-state index contributed by atoms with van der Waals surface area (Å²) in [6.45, 7) is 6.14. The Morgan fingerprint density at radius 3 is 1.81 bits per heavy atom. The Kier molecular flexibility index (Phi) is 8.63. The minimum Gasteiger partial charge on any atom is -1.00 e. The van der Waals surface area contributed by atoms with Crippen molar-refractivity contribution in [1.82, 2.24) is 0 Å². The van der Waals surface area contributed by atoms with Crippen molar-refractivity contribution >= 4 is 11.1 Å². The number of rotatable bonds is 4. The van der Waals surface area contributed by atoms with Crippen molar-refractivity contribution in [2.24, 2.45) is 0 Å². The zero-order valence-electron chi connectivity index (χ0n) is 11.5. The van der Waals surface area contributed by atoms with E-state index in [4.69, 9.17) is 0 Å². The van der Waals surface area contributed by atoms with Gasteiger partial charge in [-0.2, -0.15) is 0 Å². The average Bonchev–Trinajstić information content (AvgIpc) is 2.26. The van der Waals surface area contributed by atoms with Crippen LogP contribution in [0.1, 0.15) is 38.9 Å². The molecule has 1 rings (SSSR count). The molecular formula is C12H19KO2S. The van der Waals surface area contributed by atoms with Crippen LogP contribution in [0.25, 0.3) is 0 Å². The summed E-state index contributed by atoms with van der Waals surface area (Å²) >= 11 is -1.86. The summed E-state index contributed by atoms with van der Waals surface area (Å²) < 4.78 is 20.6. The van der Waals surface area contributed by atoms with Gasteiger partial charge in [-0.05, 0) is 36.0 Å². The summed E-state index contributed by atoms with van der Waals surface area (Å²) in [6, 6.07) is 4.09. The number of aryl methyl sites for hydroxylation is 3. The number of hydrogen-bond donors (Lipinski definition) is 1. The third kappa shape index (κ3) is 4.01. The van der Waals surface area contributed by atoms with Gasteiger partial charge in [0, 0.05) is 0 Å². The molecule has 0 saturated carbocycles. The van der Waals surface area contributed by atoms with E-state index in [0.717, 1.165) is 30.4 Å². The molecule has 0 radical (unpaired) electrons. The minimum atomic E-state index is -1.86. The third-order valence-corrected chi connectivity index (χ3v) is 3.52. The Hall–Kier alpha value is 0.966. The molecule has 1 aromatic rings. The van der Waals surface area contributed by atoms with E-state index in [1.165, 1.54) is 5.56 Å². The van der Waals surface area contributed by atoms with Gasteiger partial charge in [0.15, 0.2) is 11.1 Å². The molecule has 0 heterocycles. The van der Waals surface area contributed by atoms with Crippen LogP contribution in [0.15, 0.2) is 17.0 Å². The van der Waals surface area contributed by atoms with Gasteiger partial charge in [-0.1, -0.05) is 32.9 Å². The van der Waals surface area contributed by atoms with Gasteiger partial charge in [0.25, 0.3) is 0 Å². The number of benzene rings is 1. The first-order chi connectivity index (χ1) is 7.13. The Balaban J connectivity index is 0. The molecule has 1 unspecified atom stereocenters. The normalized spacial score (nSPS) is 12.0. The van der Waals surface area contributed by atoms with Crippen LogP contribution in [-0.2, 0) is 30.3 Å². The monoisotopic (exact) mass is 266 g/mol. The molecule has 0 spiro atoms. The molecule has 0 saturated heterocycles. The summed E-state index contributed by atoms with van der Waals surface area (Å²) in [4.78, 5) is 0.622. The molecule has 0 aliphatic heterocycles. The summed E-state index contributed by atoms with van der Waals surface area (Å²) in [5.74, 6) is 0. The van der Waals surface area contributed by atoms with Gasteiger partial charge in [0.05, 0.1) is 4.90 Å². The van der Waals surface area contributed by atoms with Crippen LogP contribution in [0.5, 0.6) is 0 Å². The first-order valence-electron chi connectivity index (χ1n) is 5.39. The topological polar surface area (TPSA) is 37.3 Å². The minimum absolute atomic E-state index is 0. The van der Waals surface area contributed by atoms with E-state index in [2.05, 4.69) is 6.92 Å². The van der Waals surface area contributed by atoms with Crippen molar-refractivity contribution in [2.45, 2.75) is 44.9 Å². The smallest absolute Gasteiger partial charge is 1.00 e. The molecule has 0 fully saturated rings. The fourth-order valence-electron chi connectivity index (χ4n) is 1.78. The predicted octanol–water partition coefficient (Wildman–Crippen LogP) is 0.0709. The molecule has 0 bridgehead atoms. The van der Waals surface area contributed by atoms with E-state index in [1.807, 2.05) is 26.0 Å². The van der Waals surface area contributed by atoms with Gasteiger partial charge in [0.2, 0.25) is 0 Å². The van der Waals surface area contributed by atoms with Gasteiger partial charge in [-0.25, -0.2) is 4.21 Å². The van der Waals surface area contributed by atoms with Gasteiger partial charge in [-0.3, -0.25) is 0 Å². The van der Waals surface area contributed by atoms with Crippen LogP contribution >= 0.6 is 0 Å². The maximum Gasteiger partial charge on any atom is 1.00 e. The Labute approximate surface area is 144 Å². The molecule has 1 aromatic carbocycles. The van der Waals surface area contributed by atoms with Crippen molar-refractivity contribution in [3.63, 3.8) is 0 Å². The average molecular weight is 266 g/mol. The van der Waals surface area contributed by atoms with E-state index in [0.29, 0.717) is 4.90 Å². The first-order valence-corrected chi connectivity index (χ1v) is 6.50. The van der Waals surface area contributed by atoms with Crippen LogP contribution in [-0.4, -0.2) is 8.76 Å². The molecule has 0 aliphatic carbocycles. The molecule has 4 heteroatoms. The van der Waals surface area contributed by atoms with E-state index in [1.54, 1.807) is 0 Å². The second-order valence-electron chi connectivity index (χ2n) is 3.55. The summed E-state index contributed by atoms with van der Waals surface area (Å²) in [6.07, 6.45) is 2.59. The molecular weight excluding hydrogens is 247 g/mol. The van der Waals surface area contributed by atoms with Crippen LogP contribution in [0.4, 0.5) is 0 Å². The second-order valence-corrected chi connectivity index (χ2v) is 4.46. The first kappa shape index (κ1) is 17.0. The SMILES string of the molecule is CCc1cc(CC)c(S(=O)O)c(CC)c1.[H-].[K+]. The van der Waals surface area contributed by atoms with Crippen molar-refractivity contribution in [1.29, 1.82) is 0 Å². The Morgan fingerprint density at radius 2 is 1.56 bits per heavy atom. The molecule has 2 nitrogen and oxygen atoms in total. The molecule has 1 N–H and O–H groups in total. The van der Waals surface area contributed by atoms with E-state index >= 15 is 0 Å². The fraction of sp³-hybridized carbons (Fsp3) is 0.500. The summed E-state index contributed by atoms with van der Waals surface area (Å²) in [5.41, 5.74) is 3.26. The summed E-state index contributed by atoms with van der Waals surface area (Å²) in [5, 5.41) is 0. The van der Waals surface area contributed by atoms with Crippen molar-refractivity contribution in [3.8, 4) is 0 Å². The molecule has 0 aliphatic rings. The fourth-order valence-corrected chi connectivity index (χ4v) is 2.64. The molecule has 86 valence electrons. The Bertz CT molecular complexity index is 358. The van der Waals surface area contributed by atoms with Gasteiger partial charge < -0.3 is 5.98 Å². The van der Waals surface area contributed by atoms with E-state index in [9.17, 15) is 8.76 Å². The van der Waals surface area contributed by atoms with Crippen LogP contribution in [0, 0.1) is 0 Å². The standard InChI is InChI=1S/C12H18O2S.K.H/c1-4-9-7-10(5-2)12(15(13)14)11(6-3)8-9;;/h7-8H,4-6H2,1-3H3,(H,13,14);;/q;+1;-1. The third-order valence-electron chi connectivity index (χ3n) is 2.65. The summed E-state index contributed by atoms with van der Waals surface area (Å²) in [7, 11) is 0. The molecule has 0 amide bonds. The van der Waals surface area contributed by atoms with E-state index < -0.39 is 11.1 Å². The maximum absolute atomic E-state index is 11.3. The predicted molar refractivity (Wildman–Crippen MR) is 64.7 cm³/mol. The van der Waals surface area contributed by atoms with E-state index in [-0.39, 0.29) is 52.8 Å². The number of hydrogen-bond acceptors (Lipinski definition) is 1. The molecule has 1 atom stereocenters. The van der Waals surface area contributed by atoms with Gasteiger partial charge in [-0.15, -0.1) is 0 Å². The van der Waals surface area contributed by atoms with Gasteiger partial charge >= 0.3 is 51.4 Å². The van der Waals surface area contributed by atoms with Crippen LogP contribution in [0.2, 0.25) is 0 Å². The van der Waals surface area contributed by atoms with Gasteiger partial charge in [0.1, 0.15) is 0 Å². The molecule has 0 aromatic heterocycles. The largest absolute Gasteiger partial charge is 1.00 e. The second kappa shape index (κ2) is 8.14. The van der Waals surface area contributed by atoms with Crippen LogP contribution < -0.4 is 51.4 Å². The zero-order valence-corrected chi connectivity index (χ0v) is 14.5. The van der Waals surface area contributed by atoms with Crippen LogP contribution in [0.3, 0.4) is 0 Å². The van der Waals surface area contributed by atoms with Crippen molar-refractivity contribution < 1.29 is 61.6 Å². The quantitative estimate of drug-likeness (QED) is 0.619. The molecule has 16 heavy (non-hydrogen) atoms. The zero-order chi connectivity index (χ0) is 11.4. The van der Waals surface area contributed by atoms with Crippen molar-refractivity contribution in [3.05, 3.63) is 28.8 Å². The maximum atomic E-state index is 11.3. The van der Waals surface area contributed by atoms with Crippen molar-refractivity contribution in [2.75, 3.05) is 0 Å².